The molecular formula is C32H31BrClN3O7S. The topological polar surface area (TPSA) is 116 Å². The summed E-state index contributed by atoms with van der Waals surface area (Å²) in [6.07, 6.45) is 1.40. The van der Waals surface area contributed by atoms with E-state index in [0.717, 1.165) is 15.4 Å². The lowest BCUT2D eigenvalue weighted by atomic mass is 10.2. The lowest BCUT2D eigenvalue weighted by Crippen LogP contribution is -2.39. The molecule has 4 aromatic carbocycles. The molecule has 0 aliphatic carbocycles. The van der Waals surface area contributed by atoms with E-state index in [2.05, 4.69) is 26.5 Å². The fraction of sp³-hybridized carbons (Fsp3) is 0.188. The molecule has 1 N–H and O–H groups in total. The Bertz CT molecular complexity index is 1800. The first-order valence-electron chi connectivity index (χ1n) is 13.4. The monoisotopic (exact) mass is 715 g/mol. The molecule has 0 spiro atoms. The van der Waals surface area contributed by atoms with E-state index in [1.807, 2.05) is 25.1 Å². The first-order valence-corrected chi connectivity index (χ1v) is 16.1. The van der Waals surface area contributed by atoms with Crippen LogP contribution in [0.5, 0.6) is 23.0 Å². The van der Waals surface area contributed by atoms with Gasteiger partial charge in [-0.2, -0.15) is 5.10 Å². The molecule has 45 heavy (non-hydrogen) atoms. The first kappa shape index (κ1) is 33.6. The molecule has 4 rings (SSSR count). The number of nitrogens with zero attached hydrogens (tertiary/aromatic N) is 2. The van der Waals surface area contributed by atoms with Crippen LogP contribution >= 0.6 is 27.5 Å². The highest BCUT2D eigenvalue weighted by atomic mass is 79.9. The molecule has 0 saturated carbocycles. The number of methoxy groups -OCH3 is 3. The molecule has 0 fully saturated rings. The van der Waals surface area contributed by atoms with Gasteiger partial charge in [-0.3, -0.25) is 9.10 Å². The van der Waals surface area contributed by atoms with E-state index in [1.54, 1.807) is 42.5 Å². The Balaban J connectivity index is 1.52. The van der Waals surface area contributed by atoms with Crippen molar-refractivity contribution in [3.8, 4) is 23.0 Å². The highest BCUT2D eigenvalue weighted by molar-refractivity contribution is 9.10. The smallest absolute Gasteiger partial charge is 0.264 e. The molecule has 0 aliphatic heterocycles. The molecule has 0 aliphatic rings. The van der Waals surface area contributed by atoms with Gasteiger partial charge in [-0.05, 0) is 70.9 Å². The number of aryl methyl sites for hydroxylation is 1. The zero-order valence-electron chi connectivity index (χ0n) is 24.9. The third-order valence-electron chi connectivity index (χ3n) is 6.54. The lowest BCUT2D eigenvalue weighted by molar-refractivity contribution is -0.119. The van der Waals surface area contributed by atoms with Crippen LogP contribution in [0.15, 0.2) is 93.3 Å². The van der Waals surface area contributed by atoms with E-state index in [1.165, 1.54) is 45.7 Å². The number of hydrogen-bond donors (Lipinski definition) is 1. The van der Waals surface area contributed by atoms with Crippen molar-refractivity contribution in [1.82, 2.24) is 5.43 Å². The highest BCUT2D eigenvalue weighted by Gasteiger charge is 2.28. The Labute approximate surface area is 275 Å². The van der Waals surface area contributed by atoms with Crippen molar-refractivity contribution in [3.05, 3.63) is 105 Å². The van der Waals surface area contributed by atoms with Gasteiger partial charge in [0.1, 0.15) is 13.2 Å². The Morgan fingerprint density at radius 3 is 2.29 bits per heavy atom. The fourth-order valence-electron chi connectivity index (χ4n) is 4.19. The average Bonchev–Trinajstić information content (AvgIpc) is 3.03. The molecule has 0 saturated heterocycles. The summed E-state index contributed by atoms with van der Waals surface area (Å²) in [6.45, 7) is 1.56. The van der Waals surface area contributed by atoms with Gasteiger partial charge in [0.15, 0.2) is 23.0 Å². The van der Waals surface area contributed by atoms with Gasteiger partial charge in [-0.1, -0.05) is 47.5 Å². The normalized spacial score (nSPS) is 11.2. The molecule has 10 nitrogen and oxygen atoms in total. The summed E-state index contributed by atoms with van der Waals surface area (Å²) in [6, 6.07) is 21.8. The number of halogens is 2. The van der Waals surface area contributed by atoms with Crippen LogP contribution in [0.4, 0.5) is 5.69 Å². The van der Waals surface area contributed by atoms with Gasteiger partial charge < -0.3 is 18.9 Å². The minimum absolute atomic E-state index is 0.0779. The summed E-state index contributed by atoms with van der Waals surface area (Å²) >= 11 is 9.74. The lowest BCUT2D eigenvalue weighted by Gasteiger charge is -2.24. The Kier molecular flexibility index (Phi) is 11.3. The summed E-state index contributed by atoms with van der Waals surface area (Å²) in [7, 11) is 0.164. The number of carbonyl (C=O) groups excluding carboxylic acids is 1. The fourth-order valence-corrected chi connectivity index (χ4v) is 6.40. The van der Waals surface area contributed by atoms with Gasteiger partial charge in [0.25, 0.3) is 15.9 Å². The molecule has 0 heterocycles. The number of amides is 1. The SMILES string of the molecule is COc1ccc(S(=O)(=O)N(CC(=O)N/N=C\c2cc(Br)c(OCc3ccccc3Cl)c(OC)c2)c2ccc(C)cc2)cc1OC. The largest absolute Gasteiger partial charge is 0.493 e. The van der Waals surface area contributed by atoms with Crippen molar-refractivity contribution in [1.29, 1.82) is 0 Å². The van der Waals surface area contributed by atoms with Gasteiger partial charge in [-0.15, -0.1) is 0 Å². The first-order chi connectivity index (χ1) is 21.6. The number of carbonyl (C=O) groups is 1. The second kappa shape index (κ2) is 15.2. The van der Waals surface area contributed by atoms with Gasteiger partial charge in [0, 0.05) is 16.7 Å². The molecule has 0 atom stereocenters. The molecule has 1 amide bonds. The van der Waals surface area contributed by atoms with Crippen LogP contribution in [0, 0.1) is 6.92 Å². The minimum atomic E-state index is -4.20. The van der Waals surface area contributed by atoms with Gasteiger partial charge in [-0.25, -0.2) is 13.8 Å². The van der Waals surface area contributed by atoms with Crippen molar-refractivity contribution in [2.75, 3.05) is 32.2 Å². The summed E-state index contributed by atoms with van der Waals surface area (Å²) in [5.74, 6) is 0.831. The van der Waals surface area contributed by atoms with Crippen molar-refractivity contribution in [2.24, 2.45) is 5.10 Å². The van der Waals surface area contributed by atoms with Gasteiger partial charge in [0.2, 0.25) is 0 Å². The number of nitrogens with one attached hydrogen (secondary N) is 1. The van der Waals surface area contributed by atoms with Crippen molar-refractivity contribution < 1.29 is 32.2 Å². The van der Waals surface area contributed by atoms with Crippen LogP contribution in [0.25, 0.3) is 0 Å². The molecule has 0 unspecified atom stereocenters. The zero-order valence-corrected chi connectivity index (χ0v) is 28.1. The van der Waals surface area contributed by atoms with E-state index in [0.29, 0.717) is 38.0 Å². The number of ether oxygens (including phenoxy) is 4. The predicted octanol–water partition coefficient (Wildman–Crippen LogP) is 6.36. The molecule has 0 radical (unpaired) electrons. The van der Waals surface area contributed by atoms with E-state index in [-0.39, 0.29) is 17.3 Å². The maximum atomic E-state index is 13.8. The number of hydrazone groups is 1. The van der Waals surface area contributed by atoms with Crippen molar-refractivity contribution >= 4 is 55.4 Å². The Hall–Kier alpha value is -4.26. The molecule has 236 valence electrons. The van der Waals surface area contributed by atoms with Crippen LogP contribution in [-0.4, -0.2) is 48.4 Å². The van der Waals surface area contributed by atoms with Crippen LogP contribution in [0.1, 0.15) is 16.7 Å². The number of rotatable bonds is 13. The second-order valence-electron chi connectivity index (χ2n) is 9.57. The van der Waals surface area contributed by atoms with E-state index < -0.39 is 22.5 Å². The summed E-state index contributed by atoms with van der Waals surface area (Å²) in [4.78, 5) is 13.0. The summed E-state index contributed by atoms with van der Waals surface area (Å²) in [5.41, 5.74) is 5.03. The van der Waals surface area contributed by atoms with Gasteiger partial charge in [0.05, 0.1) is 42.6 Å². The quantitative estimate of drug-likeness (QED) is 0.127. The van der Waals surface area contributed by atoms with Crippen LogP contribution in [-0.2, 0) is 21.4 Å². The predicted molar refractivity (Wildman–Crippen MR) is 177 cm³/mol. The highest BCUT2D eigenvalue weighted by Crippen LogP contribution is 2.37. The maximum Gasteiger partial charge on any atom is 0.264 e. The van der Waals surface area contributed by atoms with E-state index in [9.17, 15) is 13.2 Å². The van der Waals surface area contributed by atoms with Crippen LogP contribution < -0.4 is 28.7 Å². The van der Waals surface area contributed by atoms with Crippen molar-refractivity contribution in [2.45, 2.75) is 18.4 Å². The third kappa shape index (κ3) is 8.27. The number of anilines is 1. The molecule has 0 bridgehead atoms. The Morgan fingerprint density at radius 2 is 1.62 bits per heavy atom. The summed E-state index contributed by atoms with van der Waals surface area (Å²) < 4.78 is 51.2. The zero-order chi connectivity index (χ0) is 32.6. The third-order valence-corrected chi connectivity index (χ3v) is 9.26. The maximum absolute atomic E-state index is 13.8. The summed E-state index contributed by atoms with van der Waals surface area (Å²) in [5, 5.41) is 4.63. The van der Waals surface area contributed by atoms with Crippen molar-refractivity contribution in [3.63, 3.8) is 0 Å². The number of benzene rings is 4. The minimum Gasteiger partial charge on any atom is -0.493 e. The van der Waals surface area contributed by atoms with Gasteiger partial charge >= 0.3 is 0 Å². The number of hydrogen-bond acceptors (Lipinski definition) is 8. The number of sulfonamides is 1. The standard InChI is InChI=1S/C32H31BrClN3O7S/c1-21-9-11-24(12-10-21)37(45(39,40)25-13-14-28(41-2)29(17-25)42-3)19-31(38)36-35-18-22-15-26(33)32(30(16-22)43-4)44-20-23-7-5-6-8-27(23)34/h5-18H,19-20H2,1-4H3,(H,36,38)/b35-18-. The molecule has 0 aromatic heterocycles. The molecule has 13 heteroatoms. The average molecular weight is 717 g/mol. The molecule has 4 aromatic rings. The van der Waals surface area contributed by atoms with E-state index >= 15 is 0 Å². The molecular weight excluding hydrogens is 686 g/mol. The van der Waals surface area contributed by atoms with E-state index in [4.69, 9.17) is 30.5 Å². The van der Waals surface area contributed by atoms with Crippen LogP contribution in [0.2, 0.25) is 5.02 Å². The van der Waals surface area contributed by atoms with Crippen LogP contribution in [0.3, 0.4) is 0 Å². The second-order valence-corrected chi connectivity index (χ2v) is 12.7. The Morgan fingerprint density at radius 1 is 0.933 bits per heavy atom.